The van der Waals surface area contributed by atoms with E-state index in [-0.39, 0.29) is 11.5 Å². The molecule has 6 nitrogen and oxygen atoms in total. The summed E-state index contributed by atoms with van der Waals surface area (Å²) in [6.07, 6.45) is 0. The molecule has 0 atom stereocenters. The van der Waals surface area contributed by atoms with E-state index in [4.69, 9.17) is 9.15 Å². The Hall–Kier alpha value is -3.84. The predicted octanol–water partition coefficient (Wildman–Crippen LogP) is 6.26. The molecular weight excluding hydrogens is 434 g/mol. The van der Waals surface area contributed by atoms with E-state index in [1.54, 1.807) is 0 Å². The number of Topliss-reactive ketones (excluding diaryl/α,β-unsaturated/α-hetero) is 1. The predicted molar refractivity (Wildman–Crippen MR) is 130 cm³/mol. The van der Waals surface area contributed by atoms with Crippen LogP contribution in [0.15, 0.2) is 88.5 Å². The van der Waals surface area contributed by atoms with E-state index in [9.17, 15) is 4.79 Å². The number of nitrogens with zero attached hydrogens (tertiary/aromatic N) is 2. The Balaban J connectivity index is 1.40. The van der Waals surface area contributed by atoms with Gasteiger partial charge in [0.25, 0.3) is 11.1 Å². The molecule has 0 saturated carbocycles. The van der Waals surface area contributed by atoms with Crippen molar-refractivity contribution >= 4 is 28.4 Å². The zero-order valence-corrected chi connectivity index (χ0v) is 18.8. The first-order valence-corrected chi connectivity index (χ1v) is 11.6. The first-order chi connectivity index (χ1) is 16.2. The number of carbonyl (C=O) groups is 1. The van der Waals surface area contributed by atoms with Crippen LogP contribution in [0.1, 0.15) is 17.3 Å². The van der Waals surface area contributed by atoms with Gasteiger partial charge in [0.2, 0.25) is 0 Å². The topological polar surface area (TPSA) is 81.0 Å². The molecule has 0 radical (unpaired) electrons. The lowest BCUT2D eigenvalue weighted by atomic mass is 10.0. The quantitative estimate of drug-likeness (QED) is 0.220. The van der Waals surface area contributed by atoms with Crippen molar-refractivity contribution < 1.29 is 13.9 Å². The van der Waals surface area contributed by atoms with Gasteiger partial charge in [-0.15, -0.1) is 10.2 Å². The minimum atomic E-state index is -0.00855. The lowest BCUT2D eigenvalue weighted by Crippen LogP contribution is -2.03. The number of aromatic amines is 1. The highest BCUT2D eigenvalue weighted by Crippen LogP contribution is 2.33. The number of rotatable bonds is 8. The molecule has 0 aliphatic carbocycles. The number of nitrogens with one attached hydrogen (secondary N) is 1. The summed E-state index contributed by atoms with van der Waals surface area (Å²) in [4.78, 5) is 16.8. The van der Waals surface area contributed by atoms with Gasteiger partial charge in [0.1, 0.15) is 5.75 Å². The van der Waals surface area contributed by atoms with Crippen molar-refractivity contribution in [3.63, 3.8) is 0 Å². The van der Waals surface area contributed by atoms with Crippen molar-refractivity contribution in [1.82, 2.24) is 15.2 Å². The molecule has 0 amide bonds. The number of fused-ring (bicyclic) bond motifs is 1. The summed E-state index contributed by atoms with van der Waals surface area (Å²) in [5.41, 5.74) is 4.12. The molecule has 0 spiro atoms. The third-order valence-corrected chi connectivity index (χ3v) is 6.02. The van der Waals surface area contributed by atoms with Gasteiger partial charge in [0.15, 0.2) is 5.78 Å². The average Bonchev–Trinajstić information content (AvgIpc) is 3.49. The second-order valence-corrected chi connectivity index (χ2v) is 8.23. The summed E-state index contributed by atoms with van der Waals surface area (Å²) in [5.74, 6) is 1.22. The number of hydrogen-bond donors (Lipinski definition) is 1. The molecule has 3 aromatic carbocycles. The van der Waals surface area contributed by atoms with E-state index in [0.29, 0.717) is 29.0 Å². The highest BCUT2D eigenvalue weighted by atomic mass is 32.2. The third-order valence-electron chi connectivity index (χ3n) is 5.20. The normalized spacial score (nSPS) is 11.1. The Bertz CT molecular complexity index is 1410. The molecule has 5 rings (SSSR count). The maximum absolute atomic E-state index is 13.4. The van der Waals surface area contributed by atoms with Gasteiger partial charge in [0.05, 0.1) is 29.2 Å². The fraction of sp³-hybridized carbons (Fsp3) is 0.115. The van der Waals surface area contributed by atoms with Crippen LogP contribution in [-0.2, 0) is 0 Å². The van der Waals surface area contributed by atoms with E-state index >= 15 is 0 Å². The number of H-pyrrole nitrogens is 1. The van der Waals surface area contributed by atoms with Gasteiger partial charge >= 0.3 is 0 Å². The Morgan fingerprint density at radius 2 is 1.73 bits per heavy atom. The molecular formula is C26H21N3O3S. The SMILES string of the molecule is CCOc1ccccc1-c1nnc(SCC(=O)c2c(-c3ccccc3)[nH]c3ccccc23)o1. The van der Waals surface area contributed by atoms with Crippen LogP contribution in [0.3, 0.4) is 0 Å². The average molecular weight is 456 g/mol. The number of ether oxygens (including phenoxy) is 1. The molecule has 2 aromatic heterocycles. The number of para-hydroxylation sites is 2. The molecule has 33 heavy (non-hydrogen) atoms. The highest BCUT2D eigenvalue weighted by molar-refractivity contribution is 7.99. The summed E-state index contributed by atoms with van der Waals surface area (Å²) in [7, 11) is 0. The first-order valence-electron chi connectivity index (χ1n) is 10.6. The van der Waals surface area contributed by atoms with E-state index in [1.165, 1.54) is 11.8 Å². The zero-order chi connectivity index (χ0) is 22.6. The maximum atomic E-state index is 13.4. The summed E-state index contributed by atoms with van der Waals surface area (Å²) < 4.78 is 11.5. The Morgan fingerprint density at radius 3 is 2.58 bits per heavy atom. The molecule has 2 heterocycles. The Morgan fingerprint density at radius 1 is 0.970 bits per heavy atom. The van der Waals surface area contributed by atoms with Crippen molar-refractivity contribution in [1.29, 1.82) is 0 Å². The van der Waals surface area contributed by atoms with Crippen LogP contribution in [0.25, 0.3) is 33.6 Å². The molecule has 0 unspecified atom stereocenters. The largest absolute Gasteiger partial charge is 0.493 e. The van der Waals surface area contributed by atoms with Gasteiger partial charge in [-0.25, -0.2) is 0 Å². The number of ketones is 1. The fourth-order valence-electron chi connectivity index (χ4n) is 3.75. The molecule has 0 bridgehead atoms. The van der Waals surface area contributed by atoms with Crippen molar-refractivity contribution in [2.75, 3.05) is 12.4 Å². The molecule has 7 heteroatoms. The number of thioether (sulfide) groups is 1. The maximum Gasteiger partial charge on any atom is 0.277 e. The highest BCUT2D eigenvalue weighted by Gasteiger charge is 2.21. The summed E-state index contributed by atoms with van der Waals surface area (Å²) in [6.45, 7) is 2.46. The number of carbonyl (C=O) groups excluding carboxylic acids is 1. The number of aromatic nitrogens is 3. The lowest BCUT2D eigenvalue weighted by molar-refractivity contribution is 0.102. The van der Waals surface area contributed by atoms with Crippen molar-refractivity contribution in [2.45, 2.75) is 12.1 Å². The molecule has 0 aliphatic rings. The van der Waals surface area contributed by atoms with Crippen molar-refractivity contribution in [3.05, 3.63) is 84.4 Å². The van der Waals surface area contributed by atoms with Crippen molar-refractivity contribution in [2.24, 2.45) is 0 Å². The van der Waals surface area contributed by atoms with Crippen LogP contribution < -0.4 is 4.74 Å². The van der Waals surface area contributed by atoms with Crippen LogP contribution >= 0.6 is 11.8 Å². The monoisotopic (exact) mass is 455 g/mol. The second kappa shape index (κ2) is 9.34. The number of benzene rings is 3. The number of hydrogen-bond acceptors (Lipinski definition) is 6. The zero-order valence-electron chi connectivity index (χ0n) is 17.9. The summed E-state index contributed by atoms with van der Waals surface area (Å²) in [5, 5.41) is 9.51. The smallest absolute Gasteiger partial charge is 0.277 e. The molecule has 0 aliphatic heterocycles. The minimum absolute atomic E-state index is 0.00855. The van der Waals surface area contributed by atoms with E-state index in [0.717, 1.165) is 27.7 Å². The summed E-state index contributed by atoms with van der Waals surface area (Å²) >= 11 is 1.23. The van der Waals surface area contributed by atoms with Crippen LogP contribution in [0.5, 0.6) is 5.75 Å². The van der Waals surface area contributed by atoms with Gasteiger partial charge in [-0.2, -0.15) is 0 Å². The van der Waals surface area contributed by atoms with E-state index < -0.39 is 0 Å². The standard InChI is InChI=1S/C26H21N3O3S/c1-2-31-22-15-9-7-13-19(22)25-28-29-26(32-25)33-16-21(30)23-18-12-6-8-14-20(18)27-24(23)17-10-4-3-5-11-17/h3-15,27H,2,16H2,1H3. The Kier molecular flexibility index (Phi) is 5.95. The lowest BCUT2D eigenvalue weighted by Gasteiger charge is -2.06. The Labute approximate surface area is 195 Å². The van der Waals surface area contributed by atoms with Gasteiger partial charge in [-0.3, -0.25) is 4.79 Å². The molecule has 164 valence electrons. The van der Waals surface area contributed by atoms with Crippen LogP contribution in [0.2, 0.25) is 0 Å². The van der Waals surface area contributed by atoms with Gasteiger partial charge < -0.3 is 14.1 Å². The molecule has 0 fully saturated rings. The van der Waals surface area contributed by atoms with Crippen LogP contribution in [-0.4, -0.2) is 33.3 Å². The van der Waals surface area contributed by atoms with Gasteiger partial charge in [-0.05, 0) is 30.7 Å². The minimum Gasteiger partial charge on any atom is -0.493 e. The van der Waals surface area contributed by atoms with Crippen LogP contribution in [0, 0.1) is 0 Å². The fourth-order valence-corrected chi connectivity index (χ4v) is 4.39. The van der Waals surface area contributed by atoms with E-state index in [1.807, 2.05) is 85.8 Å². The van der Waals surface area contributed by atoms with E-state index in [2.05, 4.69) is 15.2 Å². The third kappa shape index (κ3) is 4.27. The van der Waals surface area contributed by atoms with Crippen molar-refractivity contribution in [3.8, 4) is 28.5 Å². The molecule has 1 N–H and O–H groups in total. The van der Waals surface area contributed by atoms with Crippen LogP contribution in [0.4, 0.5) is 0 Å². The molecule has 5 aromatic rings. The second-order valence-electron chi connectivity index (χ2n) is 7.30. The first kappa shape index (κ1) is 21.0. The molecule has 0 saturated heterocycles. The summed E-state index contributed by atoms with van der Waals surface area (Å²) in [6, 6.07) is 25.2. The van der Waals surface area contributed by atoms with Gasteiger partial charge in [0, 0.05) is 10.9 Å². The van der Waals surface area contributed by atoms with Gasteiger partial charge in [-0.1, -0.05) is 72.4 Å².